The molecule has 0 saturated heterocycles. The molecule has 6 heteroatoms. The van der Waals surface area contributed by atoms with Crippen molar-refractivity contribution in [2.75, 3.05) is 38.0 Å². The molecule has 0 radical (unpaired) electrons. The second-order valence-electron chi connectivity index (χ2n) is 5.75. The Hall–Kier alpha value is -3.02. The molecule has 2 amide bonds. The van der Waals surface area contributed by atoms with Gasteiger partial charge < -0.3 is 20.3 Å². The van der Waals surface area contributed by atoms with Gasteiger partial charge in [0.25, 0.3) is 0 Å². The Labute approximate surface area is 147 Å². The number of carbonyl (C=O) groups excluding carboxylic acids is 2. The fraction of sp³-hybridized carbons (Fsp3) is 0.263. The average Bonchev–Trinajstić information content (AvgIpc) is 2.62. The van der Waals surface area contributed by atoms with Gasteiger partial charge in [-0.3, -0.25) is 9.59 Å². The molecule has 0 spiro atoms. The van der Waals surface area contributed by atoms with Crippen LogP contribution in [0.4, 0.5) is 11.4 Å². The summed E-state index contributed by atoms with van der Waals surface area (Å²) < 4.78 is 5.10. The van der Waals surface area contributed by atoms with Gasteiger partial charge in [-0.15, -0.1) is 0 Å². The molecule has 2 rings (SSSR count). The highest BCUT2D eigenvalue weighted by molar-refractivity contribution is 6.39. The van der Waals surface area contributed by atoms with Gasteiger partial charge >= 0.3 is 11.8 Å². The van der Waals surface area contributed by atoms with Gasteiger partial charge in [-0.2, -0.15) is 0 Å². The lowest BCUT2D eigenvalue weighted by atomic mass is 10.1. The lowest BCUT2D eigenvalue weighted by molar-refractivity contribution is -0.136. The second kappa shape index (κ2) is 8.73. The van der Waals surface area contributed by atoms with Crippen LogP contribution in [-0.2, 0) is 16.0 Å². The van der Waals surface area contributed by atoms with Crippen LogP contribution in [0.5, 0.6) is 5.75 Å². The number of amides is 2. The minimum absolute atomic E-state index is 0.385. The van der Waals surface area contributed by atoms with Crippen LogP contribution in [0.2, 0.25) is 0 Å². The summed E-state index contributed by atoms with van der Waals surface area (Å²) in [6.45, 7) is 0.385. The molecule has 132 valence electrons. The molecular formula is C19H23N3O3. The smallest absolute Gasteiger partial charge is 0.313 e. The summed E-state index contributed by atoms with van der Waals surface area (Å²) in [5.74, 6) is -0.540. The predicted molar refractivity (Wildman–Crippen MR) is 99.1 cm³/mol. The number of hydrogen-bond donors (Lipinski definition) is 2. The Bertz CT molecular complexity index is 727. The molecule has 2 aromatic rings. The summed E-state index contributed by atoms with van der Waals surface area (Å²) in [7, 11) is 5.43. The summed E-state index contributed by atoms with van der Waals surface area (Å²) in [5.41, 5.74) is 2.58. The highest BCUT2D eigenvalue weighted by Gasteiger charge is 2.13. The third-order valence-electron chi connectivity index (χ3n) is 3.68. The maximum absolute atomic E-state index is 12.0. The Morgan fingerprint density at radius 3 is 2.40 bits per heavy atom. The largest absolute Gasteiger partial charge is 0.497 e. The molecule has 2 N–H and O–H groups in total. The monoisotopic (exact) mass is 341 g/mol. The average molecular weight is 341 g/mol. The molecule has 0 aliphatic carbocycles. The van der Waals surface area contributed by atoms with Crippen LogP contribution in [0.15, 0.2) is 48.5 Å². The number of rotatable bonds is 6. The molecule has 0 atom stereocenters. The molecule has 0 aliphatic rings. The molecule has 0 aromatic heterocycles. The number of methoxy groups -OCH3 is 1. The van der Waals surface area contributed by atoms with Crippen molar-refractivity contribution >= 4 is 23.2 Å². The van der Waals surface area contributed by atoms with Crippen LogP contribution < -0.4 is 20.3 Å². The summed E-state index contributed by atoms with van der Waals surface area (Å²) in [6, 6.07) is 14.9. The standard InChI is InChI=1S/C19H23N3O3/c1-22(2)16-6-4-5-15(13-16)21-19(24)18(23)20-12-11-14-7-9-17(25-3)10-8-14/h4-10,13H,11-12H2,1-3H3,(H,20,23)(H,21,24). The van der Waals surface area contributed by atoms with Gasteiger partial charge in [-0.05, 0) is 42.3 Å². The summed E-state index contributed by atoms with van der Waals surface area (Å²) in [5, 5.41) is 5.23. The lowest BCUT2D eigenvalue weighted by Crippen LogP contribution is -2.36. The zero-order valence-corrected chi connectivity index (χ0v) is 14.7. The molecule has 0 unspecified atom stereocenters. The van der Waals surface area contributed by atoms with Crippen molar-refractivity contribution in [1.82, 2.24) is 5.32 Å². The number of nitrogens with zero attached hydrogens (tertiary/aromatic N) is 1. The number of hydrogen-bond acceptors (Lipinski definition) is 4. The van der Waals surface area contributed by atoms with Crippen molar-refractivity contribution in [3.8, 4) is 5.75 Å². The minimum atomic E-state index is -0.675. The van der Waals surface area contributed by atoms with Crippen molar-refractivity contribution < 1.29 is 14.3 Å². The van der Waals surface area contributed by atoms with Crippen LogP contribution >= 0.6 is 0 Å². The van der Waals surface area contributed by atoms with Gasteiger partial charge in [0.2, 0.25) is 0 Å². The first kappa shape index (κ1) is 18.3. The number of benzene rings is 2. The van der Waals surface area contributed by atoms with Gasteiger partial charge in [-0.25, -0.2) is 0 Å². The van der Waals surface area contributed by atoms with Crippen molar-refractivity contribution in [2.24, 2.45) is 0 Å². The van der Waals surface area contributed by atoms with Crippen molar-refractivity contribution in [3.05, 3.63) is 54.1 Å². The van der Waals surface area contributed by atoms with Gasteiger partial charge in [0.15, 0.2) is 0 Å². The molecule has 6 nitrogen and oxygen atoms in total. The Kier molecular flexibility index (Phi) is 6.39. The van der Waals surface area contributed by atoms with E-state index in [2.05, 4.69) is 10.6 Å². The summed E-state index contributed by atoms with van der Waals surface area (Å²) in [4.78, 5) is 25.8. The van der Waals surface area contributed by atoms with E-state index < -0.39 is 11.8 Å². The maximum Gasteiger partial charge on any atom is 0.313 e. The molecule has 25 heavy (non-hydrogen) atoms. The van der Waals surface area contributed by atoms with Crippen LogP contribution in [0.1, 0.15) is 5.56 Å². The minimum Gasteiger partial charge on any atom is -0.497 e. The van der Waals surface area contributed by atoms with Crippen molar-refractivity contribution in [3.63, 3.8) is 0 Å². The number of carbonyl (C=O) groups is 2. The third-order valence-corrected chi connectivity index (χ3v) is 3.68. The number of anilines is 2. The van der Waals surface area contributed by atoms with Crippen molar-refractivity contribution in [1.29, 1.82) is 0 Å². The SMILES string of the molecule is COc1ccc(CCNC(=O)C(=O)Nc2cccc(N(C)C)c2)cc1. The molecule has 0 heterocycles. The Balaban J connectivity index is 1.81. The van der Waals surface area contributed by atoms with E-state index in [1.54, 1.807) is 13.2 Å². The van der Waals surface area contributed by atoms with Crippen LogP contribution in [0.25, 0.3) is 0 Å². The first-order valence-corrected chi connectivity index (χ1v) is 7.99. The van der Waals surface area contributed by atoms with E-state index in [1.165, 1.54) is 0 Å². The molecule has 0 saturated carbocycles. The van der Waals surface area contributed by atoms with E-state index >= 15 is 0 Å². The van der Waals surface area contributed by atoms with Gasteiger partial charge in [0.1, 0.15) is 5.75 Å². The zero-order chi connectivity index (χ0) is 18.2. The van der Waals surface area contributed by atoms with E-state index in [-0.39, 0.29) is 0 Å². The normalized spacial score (nSPS) is 10.0. The fourth-order valence-electron chi connectivity index (χ4n) is 2.24. The van der Waals surface area contributed by atoms with E-state index in [0.29, 0.717) is 18.7 Å². The number of ether oxygens (including phenoxy) is 1. The topological polar surface area (TPSA) is 70.7 Å². The summed E-state index contributed by atoms with van der Waals surface area (Å²) >= 11 is 0. The van der Waals surface area contributed by atoms with E-state index in [1.807, 2.05) is 61.5 Å². The third kappa shape index (κ3) is 5.53. The second-order valence-corrected chi connectivity index (χ2v) is 5.75. The molecular weight excluding hydrogens is 318 g/mol. The molecule has 0 bridgehead atoms. The highest BCUT2D eigenvalue weighted by Crippen LogP contribution is 2.17. The van der Waals surface area contributed by atoms with Gasteiger partial charge in [0.05, 0.1) is 7.11 Å². The quantitative estimate of drug-likeness (QED) is 0.789. The highest BCUT2D eigenvalue weighted by atomic mass is 16.5. The fourth-order valence-corrected chi connectivity index (χ4v) is 2.24. The van der Waals surface area contributed by atoms with Crippen LogP contribution in [0, 0.1) is 0 Å². The zero-order valence-electron chi connectivity index (χ0n) is 14.7. The maximum atomic E-state index is 12.0. The van der Waals surface area contributed by atoms with E-state index in [9.17, 15) is 9.59 Å². The Morgan fingerprint density at radius 1 is 1.04 bits per heavy atom. The van der Waals surface area contributed by atoms with E-state index in [0.717, 1.165) is 17.0 Å². The summed E-state index contributed by atoms with van der Waals surface area (Å²) in [6.07, 6.45) is 0.638. The number of nitrogens with one attached hydrogen (secondary N) is 2. The lowest BCUT2D eigenvalue weighted by Gasteiger charge is -2.14. The first-order chi connectivity index (χ1) is 12.0. The molecule has 2 aromatic carbocycles. The molecule has 0 fully saturated rings. The van der Waals surface area contributed by atoms with Gasteiger partial charge in [-0.1, -0.05) is 18.2 Å². The van der Waals surface area contributed by atoms with Gasteiger partial charge in [0, 0.05) is 32.0 Å². The molecule has 0 aliphatic heterocycles. The van der Waals surface area contributed by atoms with Crippen LogP contribution in [0.3, 0.4) is 0 Å². The predicted octanol–water partition coefficient (Wildman–Crippen LogP) is 2.06. The Morgan fingerprint density at radius 2 is 1.76 bits per heavy atom. The van der Waals surface area contributed by atoms with Crippen LogP contribution in [-0.4, -0.2) is 39.6 Å². The van der Waals surface area contributed by atoms with Crippen molar-refractivity contribution in [2.45, 2.75) is 6.42 Å². The van der Waals surface area contributed by atoms with E-state index in [4.69, 9.17) is 4.74 Å². The first-order valence-electron chi connectivity index (χ1n) is 7.99.